The van der Waals surface area contributed by atoms with Gasteiger partial charge in [0.25, 0.3) is 0 Å². The van der Waals surface area contributed by atoms with Crippen molar-refractivity contribution >= 4 is 28.6 Å². The monoisotopic (exact) mass is 410 g/mol. The number of H-pyrrole nitrogens is 1. The molecule has 1 amide bonds. The molecule has 4 nitrogen and oxygen atoms in total. The number of fused-ring (bicyclic) bond motifs is 1. The predicted octanol–water partition coefficient (Wildman–Crippen LogP) is 4.70. The molecule has 2 aromatic carbocycles. The van der Waals surface area contributed by atoms with Crippen molar-refractivity contribution in [2.75, 3.05) is 6.61 Å². The first kappa shape index (κ1) is 21.5. The van der Waals surface area contributed by atoms with Crippen LogP contribution in [0, 0.1) is 12.8 Å². The number of benzene rings is 2. The molecule has 1 aromatic heterocycles. The van der Waals surface area contributed by atoms with E-state index in [0.717, 1.165) is 22.4 Å². The second-order valence-electron chi connectivity index (χ2n) is 7.96. The number of carbonyl (C=O) groups excluding carboxylic acids is 1. The van der Waals surface area contributed by atoms with E-state index in [0.29, 0.717) is 12.3 Å². The molecule has 2 atom stereocenters. The average molecular weight is 411 g/mol. The second kappa shape index (κ2) is 9.99. The van der Waals surface area contributed by atoms with Crippen molar-refractivity contribution in [2.45, 2.75) is 49.8 Å². The summed E-state index contributed by atoms with van der Waals surface area (Å²) in [5, 5.41) is 13.9. The van der Waals surface area contributed by atoms with Gasteiger partial charge in [-0.15, -0.1) is 11.8 Å². The Morgan fingerprint density at radius 3 is 2.59 bits per heavy atom. The predicted molar refractivity (Wildman–Crippen MR) is 121 cm³/mol. The Morgan fingerprint density at radius 2 is 1.90 bits per heavy atom. The van der Waals surface area contributed by atoms with Gasteiger partial charge in [0, 0.05) is 22.0 Å². The molecule has 0 spiro atoms. The van der Waals surface area contributed by atoms with E-state index in [1.165, 1.54) is 10.9 Å². The summed E-state index contributed by atoms with van der Waals surface area (Å²) in [7, 11) is 0. The summed E-state index contributed by atoms with van der Waals surface area (Å²) in [5.41, 5.74) is 3.40. The Balaban J connectivity index is 1.75. The van der Waals surface area contributed by atoms with Crippen LogP contribution in [-0.2, 0) is 11.2 Å². The highest BCUT2D eigenvalue weighted by Gasteiger charge is 2.25. The van der Waals surface area contributed by atoms with Crippen molar-refractivity contribution in [1.82, 2.24) is 10.3 Å². The Morgan fingerprint density at radius 1 is 1.14 bits per heavy atom. The lowest BCUT2D eigenvalue weighted by Crippen LogP contribution is -2.43. The van der Waals surface area contributed by atoms with Gasteiger partial charge in [-0.3, -0.25) is 4.79 Å². The second-order valence-corrected chi connectivity index (χ2v) is 9.21. The number of carbonyl (C=O) groups is 1. The summed E-state index contributed by atoms with van der Waals surface area (Å²) in [4.78, 5) is 17.6. The third-order valence-corrected chi connectivity index (χ3v) is 6.28. The minimum Gasteiger partial charge on any atom is -0.394 e. The molecule has 0 aliphatic rings. The lowest BCUT2D eigenvalue weighted by atomic mass is 10.0. The molecule has 29 heavy (non-hydrogen) atoms. The third-order valence-electron chi connectivity index (χ3n) is 5.02. The lowest BCUT2D eigenvalue weighted by Gasteiger charge is -2.22. The smallest absolute Gasteiger partial charge is 0.233 e. The van der Waals surface area contributed by atoms with E-state index in [1.54, 1.807) is 11.8 Å². The molecule has 0 saturated carbocycles. The van der Waals surface area contributed by atoms with Crippen molar-refractivity contribution in [3.63, 3.8) is 0 Å². The largest absolute Gasteiger partial charge is 0.394 e. The maximum Gasteiger partial charge on any atom is 0.233 e. The molecule has 3 N–H and O–H groups in total. The normalized spacial score (nSPS) is 13.6. The van der Waals surface area contributed by atoms with Crippen LogP contribution < -0.4 is 5.32 Å². The minimum atomic E-state index is -0.287. The highest BCUT2D eigenvalue weighted by atomic mass is 32.2. The van der Waals surface area contributed by atoms with Crippen LogP contribution in [0.2, 0.25) is 0 Å². The molecule has 0 bridgehead atoms. The molecule has 2 unspecified atom stereocenters. The number of hydrogen-bond acceptors (Lipinski definition) is 3. The van der Waals surface area contributed by atoms with Gasteiger partial charge in [0.1, 0.15) is 0 Å². The SMILES string of the molecule is Cc1cccc2[nH]cc(SC(CC(C)C)C(=O)NC(CO)Cc3ccccc3)c12. The van der Waals surface area contributed by atoms with E-state index < -0.39 is 0 Å². The fourth-order valence-corrected chi connectivity index (χ4v) is 5.05. The number of amides is 1. The fraction of sp³-hybridized carbons (Fsp3) is 0.375. The fourth-order valence-electron chi connectivity index (χ4n) is 3.57. The first-order chi connectivity index (χ1) is 14.0. The summed E-state index contributed by atoms with van der Waals surface area (Å²) in [6.07, 6.45) is 3.39. The molecule has 5 heteroatoms. The van der Waals surface area contributed by atoms with Crippen LogP contribution in [0.25, 0.3) is 10.9 Å². The molecule has 0 radical (unpaired) electrons. The van der Waals surface area contributed by atoms with Gasteiger partial charge in [-0.05, 0) is 42.9 Å². The minimum absolute atomic E-state index is 0.0124. The number of thioether (sulfide) groups is 1. The molecule has 154 valence electrons. The van der Waals surface area contributed by atoms with E-state index in [4.69, 9.17) is 0 Å². The molecular formula is C24H30N2O2S. The van der Waals surface area contributed by atoms with Crippen LogP contribution in [0.5, 0.6) is 0 Å². The Kier molecular flexibility index (Phi) is 7.40. The summed E-state index contributed by atoms with van der Waals surface area (Å²) < 4.78 is 0. The van der Waals surface area contributed by atoms with Crippen LogP contribution in [0.4, 0.5) is 0 Å². The Labute approximate surface area is 177 Å². The van der Waals surface area contributed by atoms with Crippen LogP contribution >= 0.6 is 11.8 Å². The molecule has 1 heterocycles. The van der Waals surface area contributed by atoms with E-state index in [1.807, 2.05) is 42.6 Å². The molecule has 3 rings (SSSR count). The number of hydrogen-bond donors (Lipinski definition) is 3. The van der Waals surface area contributed by atoms with Gasteiger partial charge in [-0.2, -0.15) is 0 Å². The first-order valence-electron chi connectivity index (χ1n) is 10.2. The number of aliphatic hydroxyl groups is 1. The topological polar surface area (TPSA) is 65.1 Å². The zero-order chi connectivity index (χ0) is 20.8. The van der Waals surface area contributed by atoms with Crippen molar-refractivity contribution < 1.29 is 9.90 Å². The highest BCUT2D eigenvalue weighted by Crippen LogP contribution is 2.35. The van der Waals surface area contributed by atoms with E-state index in [9.17, 15) is 9.90 Å². The maximum absolute atomic E-state index is 13.1. The van der Waals surface area contributed by atoms with Gasteiger partial charge in [0.15, 0.2) is 0 Å². The summed E-state index contributed by atoms with van der Waals surface area (Å²) in [5.74, 6) is 0.382. The highest BCUT2D eigenvalue weighted by molar-refractivity contribution is 8.00. The molecular weight excluding hydrogens is 380 g/mol. The van der Waals surface area contributed by atoms with Crippen molar-refractivity contribution in [1.29, 1.82) is 0 Å². The molecule has 0 aliphatic heterocycles. The Hall–Kier alpha value is -2.24. The van der Waals surface area contributed by atoms with Gasteiger partial charge in [-0.1, -0.05) is 56.3 Å². The van der Waals surface area contributed by atoms with Gasteiger partial charge >= 0.3 is 0 Å². The third kappa shape index (κ3) is 5.64. The number of aryl methyl sites for hydroxylation is 1. The number of aliphatic hydroxyl groups excluding tert-OH is 1. The van der Waals surface area contributed by atoms with Crippen molar-refractivity contribution in [3.05, 3.63) is 65.9 Å². The van der Waals surface area contributed by atoms with Crippen molar-refractivity contribution in [2.24, 2.45) is 5.92 Å². The van der Waals surface area contributed by atoms with Gasteiger partial charge < -0.3 is 15.4 Å². The lowest BCUT2D eigenvalue weighted by molar-refractivity contribution is -0.121. The standard InChI is InChI=1S/C24H30N2O2S/c1-16(2)12-21(29-22-14-25-20-11-7-8-17(3)23(20)22)24(28)26-19(15-27)13-18-9-5-4-6-10-18/h4-11,14,16,19,21,25,27H,12-13,15H2,1-3H3,(H,26,28). The number of nitrogens with one attached hydrogen (secondary N) is 2. The van der Waals surface area contributed by atoms with E-state index in [-0.39, 0.29) is 23.8 Å². The van der Waals surface area contributed by atoms with Crippen LogP contribution in [0.15, 0.2) is 59.6 Å². The van der Waals surface area contributed by atoms with Crippen LogP contribution in [0.3, 0.4) is 0 Å². The summed E-state index contributed by atoms with van der Waals surface area (Å²) in [6.45, 7) is 6.29. The van der Waals surface area contributed by atoms with Crippen LogP contribution in [0.1, 0.15) is 31.4 Å². The first-order valence-corrected chi connectivity index (χ1v) is 11.0. The van der Waals surface area contributed by atoms with E-state index >= 15 is 0 Å². The molecule has 0 fully saturated rings. The number of aromatic amines is 1. The quantitative estimate of drug-likeness (QED) is 0.448. The average Bonchev–Trinajstić information content (AvgIpc) is 3.11. The number of rotatable bonds is 9. The number of aromatic nitrogens is 1. The maximum atomic E-state index is 13.1. The zero-order valence-electron chi connectivity index (χ0n) is 17.3. The van der Waals surface area contributed by atoms with Gasteiger partial charge in [0.2, 0.25) is 5.91 Å². The summed E-state index contributed by atoms with van der Waals surface area (Å²) in [6, 6.07) is 15.9. The molecule has 3 aromatic rings. The molecule has 0 saturated heterocycles. The van der Waals surface area contributed by atoms with Gasteiger partial charge in [0.05, 0.1) is 17.9 Å². The molecule has 0 aliphatic carbocycles. The van der Waals surface area contributed by atoms with Gasteiger partial charge in [-0.25, -0.2) is 0 Å². The van der Waals surface area contributed by atoms with Crippen molar-refractivity contribution in [3.8, 4) is 0 Å². The summed E-state index contributed by atoms with van der Waals surface area (Å²) >= 11 is 1.61. The van der Waals surface area contributed by atoms with E-state index in [2.05, 4.69) is 43.2 Å². The zero-order valence-corrected chi connectivity index (χ0v) is 18.1. The Bertz CT molecular complexity index is 936. The van der Waals surface area contributed by atoms with Crippen LogP contribution in [-0.4, -0.2) is 33.9 Å².